The monoisotopic (exact) mass is 343 g/mol. The van der Waals surface area contributed by atoms with Gasteiger partial charge in [0.2, 0.25) is 5.91 Å². The molecule has 0 bridgehead atoms. The Hall–Kier alpha value is -2.96. The number of aromatic amines is 1. The first-order valence-corrected chi connectivity index (χ1v) is 8.12. The lowest BCUT2D eigenvalue weighted by Gasteiger charge is -2.12. The molecule has 3 N–H and O–H groups in total. The molecule has 0 saturated carbocycles. The fourth-order valence-corrected chi connectivity index (χ4v) is 2.43. The molecule has 1 atom stereocenters. The van der Waals surface area contributed by atoms with Crippen molar-refractivity contribution in [3.05, 3.63) is 52.6 Å². The van der Waals surface area contributed by atoms with Crippen LogP contribution in [0.3, 0.4) is 0 Å². The van der Waals surface area contributed by atoms with E-state index in [4.69, 9.17) is 5.11 Å². The van der Waals surface area contributed by atoms with Gasteiger partial charge in [-0.05, 0) is 31.9 Å². The first-order chi connectivity index (χ1) is 12.0. The molecule has 0 spiro atoms. The van der Waals surface area contributed by atoms with Crippen molar-refractivity contribution < 1.29 is 14.7 Å². The number of benzene rings is 1. The second-order valence-electron chi connectivity index (χ2n) is 5.65. The van der Waals surface area contributed by atoms with Gasteiger partial charge >= 0.3 is 5.97 Å². The number of carboxylic acid groups (broad SMARTS) is 1. The summed E-state index contributed by atoms with van der Waals surface area (Å²) < 4.78 is 0. The molecule has 0 fully saturated rings. The number of aliphatic carboxylic acids is 1. The van der Waals surface area contributed by atoms with E-state index in [1.807, 2.05) is 6.07 Å². The molecule has 0 aliphatic rings. The summed E-state index contributed by atoms with van der Waals surface area (Å²) in [7, 11) is 0. The Balaban J connectivity index is 1.90. The van der Waals surface area contributed by atoms with Crippen molar-refractivity contribution in [3.8, 4) is 0 Å². The number of fused-ring (bicyclic) bond motifs is 1. The van der Waals surface area contributed by atoms with Gasteiger partial charge in [0.15, 0.2) is 0 Å². The highest BCUT2D eigenvalue weighted by Crippen LogP contribution is 2.07. The lowest BCUT2D eigenvalue weighted by Crippen LogP contribution is -2.40. The summed E-state index contributed by atoms with van der Waals surface area (Å²) in [5, 5.41) is 12.1. The first-order valence-electron chi connectivity index (χ1n) is 8.12. The number of carbonyl (C=O) groups excluding carboxylic acids is 1. The number of hydrogen-bond donors (Lipinski definition) is 3. The molecule has 1 aromatic heterocycles. The van der Waals surface area contributed by atoms with Crippen LogP contribution < -0.4 is 10.9 Å². The van der Waals surface area contributed by atoms with Crippen LogP contribution in [0.4, 0.5) is 0 Å². The Kier molecular flexibility index (Phi) is 6.45. The van der Waals surface area contributed by atoms with E-state index in [9.17, 15) is 14.4 Å². The van der Waals surface area contributed by atoms with Crippen molar-refractivity contribution in [1.82, 2.24) is 15.3 Å². The van der Waals surface area contributed by atoms with Crippen LogP contribution in [-0.2, 0) is 16.0 Å². The molecule has 132 valence electrons. The van der Waals surface area contributed by atoms with Crippen LogP contribution in [-0.4, -0.2) is 33.0 Å². The molecule has 1 heterocycles. The number of nitrogens with one attached hydrogen (secondary N) is 2. The third-order valence-corrected chi connectivity index (χ3v) is 3.72. The van der Waals surface area contributed by atoms with E-state index in [2.05, 4.69) is 15.3 Å². The highest BCUT2D eigenvalue weighted by Gasteiger charge is 2.18. The van der Waals surface area contributed by atoms with Gasteiger partial charge in [-0.2, -0.15) is 0 Å². The van der Waals surface area contributed by atoms with Gasteiger partial charge in [-0.25, -0.2) is 9.78 Å². The molecule has 0 aliphatic carbocycles. The first kappa shape index (κ1) is 18.4. The molecule has 2 rings (SSSR count). The Bertz CT molecular complexity index is 842. The maximum Gasteiger partial charge on any atom is 0.326 e. The zero-order valence-electron chi connectivity index (χ0n) is 14.0. The lowest BCUT2D eigenvalue weighted by atomic mass is 10.1. The molecule has 1 unspecified atom stereocenters. The highest BCUT2D eigenvalue weighted by molar-refractivity contribution is 5.83. The van der Waals surface area contributed by atoms with Gasteiger partial charge in [0.1, 0.15) is 11.9 Å². The summed E-state index contributed by atoms with van der Waals surface area (Å²) in [6.07, 6.45) is 4.74. The van der Waals surface area contributed by atoms with Crippen LogP contribution in [0.5, 0.6) is 0 Å². The van der Waals surface area contributed by atoms with Gasteiger partial charge in [-0.15, -0.1) is 0 Å². The molecule has 0 radical (unpaired) electrons. The van der Waals surface area contributed by atoms with Crippen molar-refractivity contribution in [1.29, 1.82) is 0 Å². The van der Waals surface area contributed by atoms with Gasteiger partial charge < -0.3 is 15.4 Å². The van der Waals surface area contributed by atoms with E-state index < -0.39 is 12.0 Å². The van der Waals surface area contributed by atoms with E-state index in [-0.39, 0.29) is 24.3 Å². The number of amides is 1. The smallest absolute Gasteiger partial charge is 0.326 e. The summed E-state index contributed by atoms with van der Waals surface area (Å²) >= 11 is 0. The Morgan fingerprint density at radius 1 is 1.36 bits per heavy atom. The molecule has 0 aliphatic heterocycles. The van der Waals surface area contributed by atoms with Crippen LogP contribution in [0, 0.1) is 0 Å². The normalized spacial score (nSPS) is 12.4. The van der Waals surface area contributed by atoms with Gasteiger partial charge in [0.05, 0.1) is 10.9 Å². The number of carboxylic acids is 1. The van der Waals surface area contributed by atoms with Crippen molar-refractivity contribution in [2.45, 2.75) is 38.6 Å². The zero-order valence-corrected chi connectivity index (χ0v) is 14.0. The predicted molar refractivity (Wildman–Crippen MR) is 94.3 cm³/mol. The number of para-hydroxylation sites is 1. The summed E-state index contributed by atoms with van der Waals surface area (Å²) in [4.78, 5) is 42.1. The largest absolute Gasteiger partial charge is 0.480 e. The SMILES string of the molecule is C/C=C/CC(NC(=O)CCCc1nc2ccccc2c(=O)[nH]1)C(=O)O. The Labute approximate surface area is 144 Å². The van der Waals surface area contributed by atoms with Gasteiger partial charge in [-0.1, -0.05) is 24.3 Å². The number of carbonyl (C=O) groups is 2. The molecule has 2 aromatic rings. The van der Waals surface area contributed by atoms with Crippen molar-refractivity contribution in [2.24, 2.45) is 0 Å². The maximum atomic E-state index is 12.0. The number of nitrogens with zero attached hydrogens (tertiary/aromatic N) is 1. The summed E-state index contributed by atoms with van der Waals surface area (Å²) in [6, 6.07) is 6.12. The number of aromatic nitrogens is 2. The second-order valence-corrected chi connectivity index (χ2v) is 5.65. The minimum atomic E-state index is -1.06. The summed E-state index contributed by atoms with van der Waals surface area (Å²) in [5.74, 6) is -0.882. The summed E-state index contributed by atoms with van der Waals surface area (Å²) in [6.45, 7) is 1.79. The summed E-state index contributed by atoms with van der Waals surface area (Å²) in [5.41, 5.74) is 0.408. The standard InChI is InChI=1S/C18H21N3O4/c1-2-3-8-14(18(24)25)20-16(22)11-6-10-15-19-13-9-5-4-7-12(13)17(23)21-15/h2-5,7,9,14H,6,8,10-11H2,1H3,(H,20,22)(H,24,25)(H,19,21,23)/b3-2+. The fourth-order valence-electron chi connectivity index (χ4n) is 2.43. The topological polar surface area (TPSA) is 112 Å². The van der Waals surface area contributed by atoms with E-state index in [1.54, 1.807) is 37.3 Å². The van der Waals surface area contributed by atoms with Gasteiger partial charge in [-0.3, -0.25) is 9.59 Å². The number of allylic oxidation sites excluding steroid dienone is 1. The minimum absolute atomic E-state index is 0.163. The average molecular weight is 343 g/mol. The number of hydrogen-bond acceptors (Lipinski definition) is 4. The highest BCUT2D eigenvalue weighted by atomic mass is 16.4. The Morgan fingerprint density at radius 3 is 2.84 bits per heavy atom. The number of rotatable bonds is 8. The van der Waals surface area contributed by atoms with E-state index >= 15 is 0 Å². The van der Waals surface area contributed by atoms with Crippen molar-refractivity contribution in [3.63, 3.8) is 0 Å². The van der Waals surface area contributed by atoms with Crippen molar-refractivity contribution in [2.75, 3.05) is 0 Å². The molecule has 7 nitrogen and oxygen atoms in total. The molecule has 7 heteroatoms. The maximum absolute atomic E-state index is 12.0. The molecular formula is C18H21N3O4. The quantitative estimate of drug-likeness (QED) is 0.633. The predicted octanol–water partition coefficient (Wildman–Crippen LogP) is 1.78. The molecule has 25 heavy (non-hydrogen) atoms. The second kappa shape index (κ2) is 8.77. The van der Waals surface area contributed by atoms with Gasteiger partial charge in [0, 0.05) is 12.8 Å². The fraction of sp³-hybridized carbons (Fsp3) is 0.333. The van der Waals surface area contributed by atoms with Crippen LogP contribution in [0.1, 0.15) is 32.0 Å². The minimum Gasteiger partial charge on any atom is -0.480 e. The third-order valence-electron chi connectivity index (χ3n) is 3.72. The zero-order chi connectivity index (χ0) is 18.2. The van der Waals surface area contributed by atoms with Gasteiger partial charge in [0.25, 0.3) is 5.56 Å². The third kappa shape index (κ3) is 5.27. The van der Waals surface area contributed by atoms with Crippen LogP contribution >= 0.6 is 0 Å². The van der Waals surface area contributed by atoms with Crippen LogP contribution in [0.2, 0.25) is 0 Å². The molecule has 1 amide bonds. The average Bonchev–Trinajstić information content (AvgIpc) is 2.58. The Morgan fingerprint density at radius 2 is 2.12 bits per heavy atom. The van der Waals surface area contributed by atoms with Crippen LogP contribution in [0.25, 0.3) is 10.9 Å². The van der Waals surface area contributed by atoms with E-state index in [1.165, 1.54) is 0 Å². The molecule has 1 aromatic carbocycles. The molecular weight excluding hydrogens is 322 g/mol. The van der Waals surface area contributed by atoms with Crippen LogP contribution in [0.15, 0.2) is 41.2 Å². The lowest BCUT2D eigenvalue weighted by molar-refractivity contribution is -0.141. The van der Waals surface area contributed by atoms with E-state index in [0.29, 0.717) is 29.6 Å². The number of aryl methyl sites for hydroxylation is 1. The molecule has 0 saturated heterocycles. The van der Waals surface area contributed by atoms with Crippen molar-refractivity contribution >= 4 is 22.8 Å². The number of H-pyrrole nitrogens is 1. The van der Waals surface area contributed by atoms with E-state index in [0.717, 1.165) is 0 Å².